The maximum absolute atomic E-state index is 10.2. The normalized spacial score (nSPS) is 41.6. The Morgan fingerprint density at radius 2 is 2.06 bits per heavy atom. The first-order valence-corrected chi connectivity index (χ1v) is 6.98. The number of aliphatic hydroxyl groups is 1. The smallest absolute Gasteiger partial charge is 0.130 e. The average Bonchev–Trinajstić information content (AvgIpc) is 2.27. The highest BCUT2D eigenvalue weighted by Crippen LogP contribution is 2.58. The van der Waals surface area contributed by atoms with Crippen molar-refractivity contribution in [1.29, 1.82) is 0 Å². The third-order valence-electron chi connectivity index (χ3n) is 5.49. The first-order valence-electron chi connectivity index (χ1n) is 6.98. The van der Waals surface area contributed by atoms with Gasteiger partial charge >= 0.3 is 0 Å². The Morgan fingerprint density at radius 1 is 1.39 bits per heavy atom. The lowest BCUT2D eigenvalue weighted by atomic mass is 9.52. The maximum atomic E-state index is 10.2. The zero-order valence-electron chi connectivity index (χ0n) is 11.8. The van der Waals surface area contributed by atoms with E-state index in [9.17, 15) is 10.4 Å². The Morgan fingerprint density at radius 3 is 2.61 bits per heavy atom. The van der Waals surface area contributed by atoms with E-state index >= 15 is 0 Å². The monoisotopic (exact) mass is 254 g/mol. The first kappa shape index (κ1) is 14.0. The standard InChI is InChI=1S/C15H26O3/c1-11-6-5-8-14(4)9-7-12(13(2,3)16)10-15(11,14)18-17/h12,16-17H,1,5-10H2,2-4H3/t12-,14-,15-/m1/s1. The van der Waals surface area contributed by atoms with Gasteiger partial charge in [-0.2, -0.15) is 0 Å². The SMILES string of the molecule is C=C1CCC[C@]2(C)CC[C@@H](C(C)(C)O)C[C@@]12OO. The van der Waals surface area contributed by atoms with Gasteiger partial charge in [0, 0.05) is 5.41 Å². The van der Waals surface area contributed by atoms with Crippen LogP contribution in [0.2, 0.25) is 0 Å². The highest BCUT2D eigenvalue weighted by Gasteiger charge is 2.58. The lowest BCUT2D eigenvalue weighted by molar-refractivity contribution is -0.358. The molecule has 3 atom stereocenters. The quantitative estimate of drug-likeness (QED) is 0.450. The summed E-state index contributed by atoms with van der Waals surface area (Å²) in [6, 6.07) is 0. The summed E-state index contributed by atoms with van der Waals surface area (Å²) < 4.78 is 0. The second-order valence-electron chi connectivity index (χ2n) is 7.03. The van der Waals surface area contributed by atoms with Crippen LogP contribution in [0, 0.1) is 11.3 Å². The molecule has 0 unspecified atom stereocenters. The molecule has 2 N–H and O–H groups in total. The molecule has 2 rings (SSSR count). The maximum Gasteiger partial charge on any atom is 0.130 e. The number of fused-ring (bicyclic) bond motifs is 1. The van der Waals surface area contributed by atoms with Crippen molar-refractivity contribution in [2.75, 3.05) is 0 Å². The fourth-order valence-corrected chi connectivity index (χ4v) is 4.00. The Hall–Kier alpha value is -0.380. The third-order valence-corrected chi connectivity index (χ3v) is 5.49. The molecule has 0 aromatic carbocycles. The van der Waals surface area contributed by atoms with E-state index in [1.807, 2.05) is 13.8 Å². The fraction of sp³-hybridized carbons (Fsp3) is 0.867. The zero-order valence-corrected chi connectivity index (χ0v) is 11.8. The molecule has 2 aliphatic rings. The molecule has 3 heteroatoms. The van der Waals surface area contributed by atoms with Crippen LogP contribution in [0.3, 0.4) is 0 Å². The number of hydrogen-bond donors (Lipinski definition) is 2. The summed E-state index contributed by atoms with van der Waals surface area (Å²) in [7, 11) is 0. The molecule has 0 heterocycles. The molecule has 0 spiro atoms. The minimum Gasteiger partial charge on any atom is -0.390 e. The molecule has 0 amide bonds. The van der Waals surface area contributed by atoms with E-state index in [-0.39, 0.29) is 11.3 Å². The molecule has 3 nitrogen and oxygen atoms in total. The van der Waals surface area contributed by atoms with Crippen molar-refractivity contribution in [1.82, 2.24) is 0 Å². The van der Waals surface area contributed by atoms with Crippen molar-refractivity contribution >= 4 is 0 Å². The summed E-state index contributed by atoms with van der Waals surface area (Å²) in [5.41, 5.74) is -0.440. The molecule has 0 aliphatic heterocycles. The lowest BCUT2D eigenvalue weighted by Crippen LogP contribution is -2.57. The highest BCUT2D eigenvalue weighted by atomic mass is 17.1. The minimum absolute atomic E-state index is 0.0428. The Balaban J connectivity index is 2.34. The number of hydrogen-bond acceptors (Lipinski definition) is 3. The van der Waals surface area contributed by atoms with E-state index in [0.29, 0.717) is 6.42 Å². The molecular formula is C15H26O3. The van der Waals surface area contributed by atoms with Crippen molar-refractivity contribution < 1.29 is 15.3 Å². The van der Waals surface area contributed by atoms with Gasteiger partial charge < -0.3 is 5.11 Å². The van der Waals surface area contributed by atoms with Gasteiger partial charge in [-0.1, -0.05) is 13.5 Å². The fourth-order valence-electron chi connectivity index (χ4n) is 4.00. The second-order valence-corrected chi connectivity index (χ2v) is 7.03. The van der Waals surface area contributed by atoms with Gasteiger partial charge in [0.2, 0.25) is 0 Å². The van der Waals surface area contributed by atoms with Crippen LogP contribution in [0.5, 0.6) is 0 Å². The lowest BCUT2D eigenvalue weighted by Gasteiger charge is -2.56. The highest BCUT2D eigenvalue weighted by molar-refractivity contribution is 5.24. The van der Waals surface area contributed by atoms with Crippen molar-refractivity contribution in [3.8, 4) is 0 Å². The van der Waals surface area contributed by atoms with Crippen LogP contribution >= 0.6 is 0 Å². The predicted molar refractivity (Wildman–Crippen MR) is 71.2 cm³/mol. The van der Waals surface area contributed by atoms with Gasteiger partial charge in [-0.3, -0.25) is 5.26 Å². The summed E-state index contributed by atoms with van der Waals surface area (Å²) in [5.74, 6) is 0.146. The van der Waals surface area contributed by atoms with Crippen LogP contribution < -0.4 is 0 Å². The molecule has 0 aromatic heterocycles. The molecular weight excluding hydrogens is 228 g/mol. The van der Waals surface area contributed by atoms with Crippen molar-refractivity contribution in [3.63, 3.8) is 0 Å². The van der Waals surface area contributed by atoms with Gasteiger partial charge in [-0.15, -0.1) is 0 Å². The zero-order chi connectivity index (χ0) is 13.6. The van der Waals surface area contributed by atoms with Crippen LogP contribution in [0.15, 0.2) is 12.2 Å². The second kappa shape index (κ2) is 4.32. The molecule has 104 valence electrons. The largest absolute Gasteiger partial charge is 0.390 e. The Kier molecular flexibility index (Phi) is 3.37. The third kappa shape index (κ3) is 1.93. The van der Waals surface area contributed by atoms with Gasteiger partial charge in [0.25, 0.3) is 0 Å². The Labute approximate surface area is 110 Å². The molecule has 18 heavy (non-hydrogen) atoms. The minimum atomic E-state index is -0.732. The van der Waals surface area contributed by atoms with E-state index < -0.39 is 11.2 Å². The summed E-state index contributed by atoms with van der Waals surface area (Å²) in [6.07, 6.45) is 5.72. The van der Waals surface area contributed by atoms with Gasteiger partial charge in [-0.25, -0.2) is 4.89 Å². The Bertz CT molecular complexity index is 344. The van der Waals surface area contributed by atoms with Crippen molar-refractivity contribution in [2.24, 2.45) is 11.3 Å². The summed E-state index contributed by atoms with van der Waals surface area (Å²) in [4.78, 5) is 5.01. The van der Waals surface area contributed by atoms with Crippen LogP contribution in [-0.2, 0) is 4.89 Å². The van der Waals surface area contributed by atoms with E-state index in [4.69, 9.17) is 4.89 Å². The van der Waals surface area contributed by atoms with Crippen LogP contribution in [0.4, 0.5) is 0 Å². The van der Waals surface area contributed by atoms with Crippen LogP contribution in [0.25, 0.3) is 0 Å². The molecule has 0 bridgehead atoms. The average molecular weight is 254 g/mol. The van der Waals surface area contributed by atoms with Gasteiger partial charge in [0.1, 0.15) is 5.60 Å². The van der Waals surface area contributed by atoms with Crippen molar-refractivity contribution in [3.05, 3.63) is 12.2 Å². The van der Waals surface area contributed by atoms with Gasteiger partial charge in [0.15, 0.2) is 0 Å². The molecule has 0 radical (unpaired) electrons. The van der Waals surface area contributed by atoms with E-state index in [0.717, 1.165) is 37.7 Å². The number of rotatable bonds is 2. The molecule has 0 aromatic rings. The summed E-state index contributed by atoms with van der Waals surface area (Å²) >= 11 is 0. The summed E-state index contributed by atoms with van der Waals surface area (Å²) in [6.45, 7) is 10.0. The molecule has 2 saturated carbocycles. The predicted octanol–water partition coefficient (Wildman–Crippen LogP) is 3.53. The molecule has 2 fully saturated rings. The van der Waals surface area contributed by atoms with Crippen molar-refractivity contribution in [2.45, 2.75) is 70.5 Å². The first-order chi connectivity index (χ1) is 8.25. The van der Waals surface area contributed by atoms with Crippen LogP contribution in [-0.4, -0.2) is 21.6 Å². The van der Waals surface area contributed by atoms with Gasteiger partial charge in [0.05, 0.1) is 5.60 Å². The van der Waals surface area contributed by atoms with E-state index in [1.54, 1.807) is 0 Å². The molecule has 0 saturated heterocycles. The van der Waals surface area contributed by atoms with Crippen LogP contribution in [0.1, 0.15) is 59.3 Å². The topological polar surface area (TPSA) is 49.7 Å². The molecule has 2 aliphatic carbocycles. The van der Waals surface area contributed by atoms with E-state index in [1.165, 1.54) is 0 Å². The van der Waals surface area contributed by atoms with Gasteiger partial charge in [-0.05, 0) is 63.9 Å². The van der Waals surface area contributed by atoms with E-state index in [2.05, 4.69) is 13.5 Å². The summed E-state index contributed by atoms with van der Waals surface area (Å²) in [5, 5.41) is 19.8.